The summed E-state index contributed by atoms with van der Waals surface area (Å²) in [5.74, 6) is -1.05. The molecule has 2 fully saturated rings. The van der Waals surface area contributed by atoms with Crippen LogP contribution in [0.4, 0.5) is 8.78 Å². The first-order valence-corrected chi connectivity index (χ1v) is 5.88. The molecule has 17 heavy (non-hydrogen) atoms. The van der Waals surface area contributed by atoms with Crippen LogP contribution in [0.25, 0.3) is 0 Å². The van der Waals surface area contributed by atoms with Gasteiger partial charge in [-0.25, -0.2) is 8.78 Å². The average Bonchev–Trinajstić information content (AvgIpc) is 3.12. The minimum absolute atomic E-state index is 0.00576. The maximum atomic E-state index is 13.7. The van der Waals surface area contributed by atoms with E-state index in [9.17, 15) is 13.6 Å². The lowest BCUT2D eigenvalue weighted by molar-refractivity contribution is -0.123. The van der Waals surface area contributed by atoms with Crippen molar-refractivity contribution in [2.75, 3.05) is 0 Å². The van der Waals surface area contributed by atoms with Gasteiger partial charge in [-0.1, -0.05) is 6.07 Å². The molecule has 0 heterocycles. The minimum atomic E-state index is -0.587. The summed E-state index contributed by atoms with van der Waals surface area (Å²) in [6, 6.07) is 3.55. The van der Waals surface area contributed by atoms with Crippen LogP contribution in [0.1, 0.15) is 31.2 Å². The predicted molar refractivity (Wildman–Crippen MR) is 58.1 cm³/mol. The number of hydrogen-bond acceptors (Lipinski definition) is 1. The molecular weight excluding hydrogens is 224 g/mol. The van der Waals surface area contributed by atoms with Gasteiger partial charge in [0.25, 0.3) is 0 Å². The minimum Gasteiger partial charge on any atom is -0.346 e. The van der Waals surface area contributed by atoms with Crippen LogP contribution in [0.5, 0.6) is 0 Å². The lowest BCUT2D eigenvalue weighted by atomic mass is 10.0. The van der Waals surface area contributed by atoms with E-state index in [2.05, 4.69) is 5.32 Å². The van der Waals surface area contributed by atoms with Gasteiger partial charge in [0.15, 0.2) is 0 Å². The Morgan fingerprint density at radius 2 is 2.00 bits per heavy atom. The quantitative estimate of drug-likeness (QED) is 0.859. The number of nitrogens with one attached hydrogen (secondary N) is 1. The Balaban J connectivity index is 1.84. The van der Waals surface area contributed by atoms with Gasteiger partial charge in [0.2, 0.25) is 5.91 Å². The summed E-state index contributed by atoms with van der Waals surface area (Å²) in [5, 5.41) is 2.90. The standard InChI is InChI=1S/C13H13F2NO/c14-9-3-4-10(11(15)7-9)13(5-6-13)16-12(17)8-1-2-8/h3-4,7-8H,1-2,5-6H2,(H,16,17). The Labute approximate surface area is 98.0 Å². The highest BCUT2D eigenvalue weighted by Crippen LogP contribution is 2.47. The second kappa shape index (κ2) is 3.52. The molecule has 0 aliphatic heterocycles. The van der Waals surface area contributed by atoms with Gasteiger partial charge in [0.1, 0.15) is 11.6 Å². The van der Waals surface area contributed by atoms with Gasteiger partial charge in [-0.05, 0) is 31.7 Å². The number of hydrogen-bond donors (Lipinski definition) is 1. The van der Waals surface area contributed by atoms with Gasteiger partial charge in [-0.2, -0.15) is 0 Å². The SMILES string of the molecule is O=C(NC1(c2ccc(F)cc2F)CC1)C1CC1. The van der Waals surface area contributed by atoms with Gasteiger partial charge in [-0.15, -0.1) is 0 Å². The zero-order chi connectivity index (χ0) is 12.0. The van der Waals surface area contributed by atoms with Gasteiger partial charge in [0.05, 0.1) is 5.54 Å². The summed E-state index contributed by atoms with van der Waals surface area (Å²) in [6.45, 7) is 0. The fourth-order valence-electron chi connectivity index (χ4n) is 2.15. The fraction of sp³-hybridized carbons (Fsp3) is 0.462. The molecule has 3 rings (SSSR count). The molecule has 1 amide bonds. The van der Waals surface area contributed by atoms with Crippen molar-refractivity contribution < 1.29 is 13.6 Å². The maximum absolute atomic E-state index is 13.7. The van der Waals surface area contributed by atoms with Gasteiger partial charge in [-0.3, -0.25) is 4.79 Å². The Hall–Kier alpha value is -1.45. The Morgan fingerprint density at radius 1 is 1.29 bits per heavy atom. The molecule has 1 aromatic carbocycles. The zero-order valence-corrected chi connectivity index (χ0v) is 9.30. The highest BCUT2D eigenvalue weighted by Gasteiger charge is 2.49. The highest BCUT2D eigenvalue weighted by molar-refractivity contribution is 5.82. The first-order valence-electron chi connectivity index (χ1n) is 5.88. The molecule has 0 aromatic heterocycles. The lowest BCUT2D eigenvalue weighted by Gasteiger charge is -2.18. The van der Waals surface area contributed by atoms with E-state index < -0.39 is 17.2 Å². The molecule has 2 aliphatic rings. The molecule has 1 N–H and O–H groups in total. The molecule has 2 aliphatic carbocycles. The van der Waals surface area contributed by atoms with Crippen molar-refractivity contribution in [2.24, 2.45) is 5.92 Å². The molecule has 0 unspecified atom stereocenters. The maximum Gasteiger partial charge on any atom is 0.223 e. The third-order valence-corrected chi connectivity index (χ3v) is 3.51. The number of carbonyl (C=O) groups excluding carboxylic acids is 1. The van der Waals surface area contributed by atoms with Gasteiger partial charge >= 0.3 is 0 Å². The van der Waals surface area contributed by atoms with Crippen LogP contribution in [0, 0.1) is 17.6 Å². The van der Waals surface area contributed by atoms with Crippen LogP contribution in [-0.4, -0.2) is 5.91 Å². The molecule has 2 nitrogen and oxygen atoms in total. The fourth-order valence-corrected chi connectivity index (χ4v) is 2.15. The first kappa shape index (κ1) is 10.7. The van der Waals surface area contributed by atoms with E-state index in [1.54, 1.807) is 0 Å². The molecule has 1 aromatic rings. The van der Waals surface area contributed by atoms with Crippen molar-refractivity contribution in [3.05, 3.63) is 35.4 Å². The van der Waals surface area contributed by atoms with Crippen molar-refractivity contribution in [1.29, 1.82) is 0 Å². The van der Waals surface area contributed by atoms with Gasteiger partial charge < -0.3 is 5.32 Å². The normalized spacial score (nSPS) is 21.1. The smallest absolute Gasteiger partial charge is 0.223 e. The third-order valence-electron chi connectivity index (χ3n) is 3.51. The van der Waals surface area contributed by atoms with Crippen molar-refractivity contribution in [3.8, 4) is 0 Å². The zero-order valence-electron chi connectivity index (χ0n) is 9.30. The van der Waals surface area contributed by atoms with Crippen LogP contribution in [0.2, 0.25) is 0 Å². The van der Waals surface area contributed by atoms with Crippen LogP contribution in [0.3, 0.4) is 0 Å². The Bertz CT molecular complexity index is 478. The van der Waals surface area contributed by atoms with E-state index in [-0.39, 0.29) is 11.8 Å². The Kier molecular flexibility index (Phi) is 2.21. The second-order valence-corrected chi connectivity index (χ2v) is 4.97. The monoisotopic (exact) mass is 237 g/mol. The van der Waals surface area contributed by atoms with Crippen LogP contribution in [0.15, 0.2) is 18.2 Å². The van der Waals surface area contributed by atoms with Crippen molar-refractivity contribution in [2.45, 2.75) is 31.2 Å². The summed E-state index contributed by atoms with van der Waals surface area (Å²) >= 11 is 0. The van der Waals surface area contributed by atoms with Crippen molar-refractivity contribution >= 4 is 5.91 Å². The van der Waals surface area contributed by atoms with Gasteiger partial charge in [0, 0.05) is 17.5 Å². The number of carbonyl (C=O) groups is 1. The van der Waals surface area contributed by atoms with E-state index in [1.807, 2.05) is 0 Å². The predicted octanol–water partition coefficient (Wildman–Crippen LogP) is 2.48. The lowest BCUT2D eigenvalue weighted by Crippen LogP contribution is -2.36. The van der Waals surface area contributed by atoms with Crippen LogP contribution < -0.4 is 5.32 Å². The van der Waals surface area contributed by atoms with Crippen LogP contribution >= 0.6 is 0 Å². The number of halogens is 2. The molecule has 4 heteroatoms. The largest absolute Gasteiger partial charge is 0.346 e. The molecule has 0 radical (unpaired) electrons. The van der Waals surface area contributed by atoms with E-state index in [0.29, 0.717) is 5.56 Å². The van der Waals surface area contributed by atoms with E-state index in [1.165, 1.54) is 12.1 Å². The summed E-state index contributed by atoms with van der Waals surface area (Å²) in [5.41, 5.74) is -0.162. The van der Waals surface area contributed by atoms with Crippen LogP contribution in [-0.2, 0) is 10.3 Å². The summed E-state index contributed by atoms with van der Waals surface area (Å²) in [6.07, 6.45) is 3.31. The Morgan fingerprint density at radius 3 is 2.53 bits per heavy atom. The molecule has 0 saturated heterocycles. The summed E-state index contributed by atoms with van der Waals surface area (Å²) in [4.78, 5) is 11.7. The van der Waals surface area contributed by atoms with Crippen molar-refractivity contribution in [1.82, 2.24) is 5.32 Å². The number of rotatable bonds is 3. The average molecular weight is 237 g/mol. The second-order valence-electron chi connectivity index (χ2n) is 4.97. The van der Waals surface area contributed by atoms with Crippen molar-refractivity contribution in [3.63, 3.8) is 0 Å². The van der Waals surface area contributed by atoms with E-state index in [4.69, 9.17) is 0 Å². The van der Waals surface area contributed by atoms with E-state index >= 15 is 0 Å². The number of amides is 1. The summed E-state index contributed by atoms with van der Waals surface area (Å²) < 4.78 is 26.5. The molecule has 0 spiro atoms. The topological polar surface area (TPSA) is 29.1 Å². The molecular formula is C13H13F2NO. The summed E-state index contributed by atoms with van der Waals surface area (Å²) in [7, 11) is 0. The molecule has 0 bridgehead atoms. The van der Waals surface area contributed by atoms with E-state index in [0.717, 1.165) is 31.7 Å². The molecule has 2 saturated carbocycles. The first-order chi connectivity index (χ1) is 8.11. The highest BCUT2D eigenvalue weighted by atomic mass is 19.1. The molecule has 0 atom stereocenters. The number of benzene rings is 1. The molecule has 90 valence electrons. The third kappa shape index (κ3) is 1.92.